The van der Waals surface area contributed by atoms with E-state index in [1.54, 1.807) is 6.07 Å². The summed E-state index contributed by atoms with van der Waals surface area (Å²) in [6.45, 7) is 2.70. The maximum atomic E-state index is 13.8. The second-order valence-corrected chi connectivity index (χ2v) is 7.77. The molecule has 1 N–H and O–H groups in total. The summed E-state index contributed by atoms with van der Waals surface area (Å²) in [5, 5.41) is 0. The van der Waals surface area contributed by atoms with Gasteiger partial charge in [-0.05, 0) is 24.3 Å². The number of hydrogen-bond donors (Lipinski definition) is 1. The molecule has 0 aliphatic rings. The summed E-state index contributed by atoms with van der Waals surface area (Å²) in [4.78, 5) is 12.9. The van der Waals surface area contributed by atoms with Crippen molar-refractivity contribution in [1.29, 1.82) is 0 Å². The Labute approximate surface area is 165 Å². The zero-order valence-electron chi connectivity index (χ0n) is 15.1. The molecule has 0 heterocycles. The summed E-state index contributed by atoms with van der Waals surface area (Å²) in [7, 11) is -4.37. The lowest BCUT2D eigenvalue weighted by Crippen LogP contribution is -2.40. The summed E-state index contributed by atoms with van der Waals surface area (Å²) >= 11 is 0. The SMILES string of the molecule is C=CCN(Cc1ccccc1F)C(=O)CNS(=O)(=O)c1cccc(C(F)(F)F)c1. The molecule has 156 valence electrons. The Morgan fingerprint density at radius 3 is 2.45 bits per heavy atom. The van der Waals surface area contributed by atoms with Crippen molar-refractivity contribution in [2.45, 2.75) is 17.6 Å². The number of carbonyl (C=O) groups is 1. The molecule has 29 heavy (non-hydrogen) atoms. The number of carbonyl (C=O) groups excluding carboxylic acids is 1. The molecule has 0 saturated heterocycles. The van der Waals surface area contributed by atoms with Crippen LogP contribution in [0.2, 0.25) is 0 Å². The van der Waals surface area contributed by atoms with Crippen molar-refractivity contribution in [1.82, 2.24) is 9.62 Å². The number of hydrogen-bond acceptors (Lipinski definition) is 3. The Balaban J connectivity index is 2.12. The Morgan fingerprint density at radius 1 is 1.14 bits per heavy atom. The molecular weight excluding hydrogens is 412 g/mol. The number of amides is 1. The molecule has 0 aliphatic heterocycles. The average molecular weight is 430 g/mol. The monoisotopic (exact) mass is 430 g/mol. The van der Waals surface area contributed by atoms with Crippen LogP contribution in [0.15, 0.2) is 66.1 Å². The third-order valence-electron chi connectivity index (χ3n) is 3.91. The Morgan fingerprint density at radius 2 is 1.83 bits per heavy atom. The largest absolute Gasteiger partial charge is 0.416 e. The fourth-order valence-electron chi connectivity index (χ4n) is 2.43. The van der Waals surface area contributed by atoms with E-state index in [1.165, 1.54) is 29.2 Å². The molecule has 1 amide bonds. The van der Waals surface area contributed by atoms with E-state index >= 15 is 0 Å². The molecule has 0 aromatic heterocycles. The second-order valence-electron chi connectivity index (χ2n) is 6.00. The number of alkyl halides is 3. The van der Waals surface area contributed by atoms with Crippen LogP contribution in [0.1, 0.15) is 11.1 Å². The third kappa shape index (κ3) is 6.13. The molecular formula is C19H18F4N2O3S. The quantitative estimate of drug-likeness (QED) is 0.516. The first-order chi connectivity index (χ1) is 13.5. The fraction of sp³-hybridized carbons (Fsp3) is 0.211. The molecule has 0 saturated carbocycles. The summed E-state index contributed by atoms with van der Waals surface area (Å²) in [5.74, 6) is -1.22. The van der Waals surface area contributed by atoms with E-state index in [2.05, 4.69) is 6.58 Å². The maximum absolute atomic E-state index is 13.8. The van der Waals surface area contributed by atoms with Crippen molar-refractivity contribution in [3.63, 3.8) is 0 Å². The first-order valence-electron chi connectivity index (χ1n) is 8.33. The standard InChI is InChI=1S/C19H18F4N2O3S/c1-2-10-25(13-14-6-3-4-9-17(14)20)18(26)12-24-29(27,28)16-8-5-7-15(11-16)19(21,22)23/h2-9,11,24H,1,10,12-13H2. The molecule has 10 heteroatoms. The molecule has 0 radical (unpaired) electrons. The molecule has 0 bridgehead atoms. The van der Waals surface area contributed by atoms with Crippen LogP contribution in [0, 0.1) is 5.82 Å². The highest BCUT2D eigenvalue weighted by Gasteiger charge is 2.31. The van der Waals surface area contributed by atoms with Crippen molar-refractivity contribution in [3.05, 3.63) is 78.1 Å². The normalized spacial score (nSPS) is 11.9. The van der Waals surface area contributed by atoms with Gasteiger partial charge in [-0.15, -0.1) is 6.58 Å². The number of nitrogens with one attached hydrogen (secondary N) is 1. The van der Waals surface area contributed by atoms with Crippen LogP contribution in [0.5, 0.6) is 0 Å². The predicted molar refractivity (Wildman–Crippen MR) is 98.6 cm³/mol. The maximum Gasteiger partial charge on any atom is 0.416 e. The summed E-state index contributed by atoms with van der Waals surface area (Å²) in [5.41, 5.74) is -0.900. The van der Waals surface area contributed by atoms with Gasteiger partial charge in [-0.1, -0.05) is 30.3 Å². The van der Waals surface area contributed by atoms with E-state index in [9.17, 15) is 30.8 Å². The first-order valence-corrected chi connectivity index (χ1v) is 9.82. The van der Waals surface area contributed by atoms with Gasteiger partial charge in [0, 0.05) is 18.7 Å². The number of rotatable bonds is 8. The Bertz CT molecular complexity index is 991. The molecule has 0 unspecified atom stereocenters. The molecule has 2 aromatic carbocycles. The summed E-state index contributed by atoms with van der Waals surface area (Å²) in [6.07, 6.45) is -3.32. The number of halogens is 4. The van der Waals surface area contributed by atoms with Gasteiger partial charge in [-0.25, -0.2) is 17.5 Å². The lowest BCUT2D eigenvalue weighted by molar-refractivity contribution is -0.137. The highest BCUT2D eigenvalue weighted by Crippen LogP contribution is 2.30. The van der Waals surface area contributed by atoms with Crippen molar-refractivity contribution >= 4 is 15.9 Å². The van der Waals surface area contributed by atoms with Crippen LogP contribution in [-0.4, -0.2) is 32.3 Å². The summed E-state index contributed by atoms with van der Waals surface area (Å²) in [6, 6.07) is 8.95. The summed E-state index contributed by atoms with van der Waals surface area (Å²) < 4.78 is 78.7. The Hall–Kier alpha value is -2.72. The molecule has 0 atom stereocenters. The van der Waals surface area contributed by atoms with E-state index < -0.39 is 44.9 Å². The van der Waals surface area contributed by atoms with Gasteiger partial charge in [-0.2, -0.15) is 13.2 Å². The minimum Gasteiger partial charge on any atom is -0.333 e. The number of sulfonamides is 1. The molecule has 5 nitrogen and oxygen atoms in total. The predicted octanol–water partition coefficient (Wildman–Crippen LogP) is 3.34. The van der Waals surface area contributed by atoms with Crippen LogP contribution >= 0.6 is 0 Å². The van der Waals surface area contributed by atoms with Crippen LogP contribution in [0.3, 0.4) is 0 Å². The van der Waals surface area contributed by atoms with Crippen LogP contribution in [0.25, 0.3) is 0 Å². The van der Waals surface area contributed by atoms with E-state index in [1.807, 2.05) is 4.72 Å². The fourth-order valence-corrected chi connectivity index (χ4v) is 3.45. The lowest BCUT2D eigenvalue weighted by atomic mass is 10.2. The average Bonchev–Trinajstić information content (AvgIpc) is 2.67. The molecule has 0 spiro atoms. The smallest absolute Gasteiger partial charge is 0.333 e. The van der Waals surface area contributed by atoms with Gasteiger partial charge in [0.1, 0.15) is 5.82 Å². The minimum absolute atomic E-state index is 0.0262. The van der Waals surface area contributed by atoms with E-state index in [-0.39, 0.29) is 18.7 Å². The van der Waals surface area contributed by atoms with Gasteiger partial charge in [0.15, 0.2) is 0 Å². The number of nitrogens with zero attached hydrogens (tertiary/aromatic N) is 1. The zero-order chi connectivity index (χ0) is 21.7. The number of benzene rings is 2. The molecule has 0 aliphatic carbocycles. The Kier molecular flexibility index (Phi) is 7.15. The van der Waals surface area contributed by atoms with Gasteiger partial charge in [0.25, 0.3) is 0 Å². The van der Waals surface area contributed by atoms with Crippen molar-refractivity contribution in [3.8, 4) is 0 Å². The zero-order valence-corrected chi connectivity index (χ0v) is 15.9. The van der Waals surface area contributed by atoms with E-state index in [4.69, 9.17) is 0 Å². The van der Waals surface area contributed by atoms with E-state index in [0.717, 1.165) is 18.2 Å². The van der Waals surface area contributed by atoms with Crippen LogP contribution in [-0.2, 0) is 27.5 Å². The van der Waals surface area contributed by atoms with Crippen LogP contribution in [0.4, 0.5) is 17.6 Å². The second kappa shape index (κ2) is 9.19. The van der Waals surface area contributed by atoms with Gasteiger partial charge in [0.05, 0.1) is 17.0 Å². The van der Waals surface area contributed by atoms with Gasteiger partial charge < -0.3 is 4.90 Å². The third-order valence-corrected chi connectivity index (χ3v) is 5.31. The first kappa shape index (κ1) is 22.6. The van der Waals surface area contributed by atoms with Crippen LogP contribution < -0.4 is 4.72 Å². The van der Waals surface area contributed by atoms with Gasteiger partial charge >= 0.3 is 6.18 Å². The van der Waals surface area contributed by atoms with Gasteiger partial charge in [0.2, 0.25) is 15.9 Å². The highest BCUT2D eigenvalue weighted by molar-refractivity contribution is 7.89. The highest BCUT2D eigenvalue weighted by atomic mass is 32.2. The van der Waals surface area contributed by atoms with Crippen molar-refractivity contribution in [2.75, 3.05) is 13.1 Å². The topological polar surface area (TPSA) is 66.5 Å². The molecule has 2 rings (SSSR count). The molecule has 0 fully saturated rings. The minimum atomic E-state index is -4.71. The van der Waals surface area contributed by atoms with E-state index in [0.29, 0.717) is 6.07 Å². The van der Waals surface area contributed by atoms with Crippen molar-refractivity contribution in [2.24, 2.45) is 0 Å². The van der Waals surface area contributed by atoms with Crippen molar-refractivity contribution < 1.29 is 30.8 Å². The van der Waals surface area contributed by atoms with Gasteiger partial charge in [-0.3, -0.25) is 4.79 Å². The molecule has 2 aromatic rings. The lowest BCUT2D eigenvalue weighted by Gasteiger charge is -2.22.